The third-order valence-electron chi connectivity index (χ3n) is 4.72. The van der Waals surface area contributed by atoms with Crippen molar-refractivity contribution in [3.05, 3.63) is 48.0 Å². The van der Waals surface area contributed by atoms with Gasteiger partial charge in [-0.25, -0.2) is 0 Å². The summed E-state index contributed by atoms with van der Waals surface area (Å²) in [4.78, 5) is 6.77. The molecule has 0 spiro atoms. The summed E-state index contributed by atoms with van der Waals surface area (Å²) in [6.45, 7) is 5.49. The average molecular weight is 542 g/mol. The van der Waals surface area contributed by atoms with E-state index in [2.05, 4.69) is 44.8 Å². The lowest BCUT2D eigenvalue weighted by Crippen LogP contribution is -2.32. The molecule has 3 rings (SSSR count). The first kappa shape index (κ1) is 24.5. The van der Waals surface area contributed by atoms with Gasteiger partial charge in [0.25, 0.3) is 0 Å². The van der Waals surface area contributed by atoms with E-state index in [9.17, 15) is 0 Å². The predicted molar refractivity (Wildman–Crippen MR) is 139 cm³/mol. The minimum absolute atomic E-state index is 0. The van der Waals surface area contributed by atoms with Gasteiger partial charge in [-0.1, -0.05) is 12.1 Å². The third-order valence-corrected chi connectivity index (χ3v) is 5.66. The highest BCUT2D eigenvalue weighted by Gasteiger charge is 2.11. The maximum Gasteiger partial charge on any atom is 0.195 e. The van der Waals surface area contributed by atoms with Crippen molar-refractivity contribution in [1.29, 1.82) is 0 Å². The highest BCUT2D eigenvalue weighted by Crippen LogP contribution is 2.30. The lowest BCUT2D eigenvalue weighted by molar-refractivity contribution is 0.311. The summed E-state index contributed by atoms with van der Waals surface area (Å²) in [5.74, 6) is 4.55. The molecular weight excluding hydrogens is 511 g/mol. The Hall–Kier alpha value is -1.81. The number of thioether (sulfide) groups is 1. The van der Waals surface area contributed by atoms with Gasteiger partial charge in [0.2, 0.25) is 0 Å². The van der Waals surface area contributed by atoms with E-state index in [0.717, 1.165) is 18.8 Å². The fraction of sp³-hybridized carbons (Fsp3) is 0.409. The maximum atomic E-state index is 5.64. The van der Waals surface area contributed by atoms with Crippen LogP contribution >= 0.6 is 35.7 Å². The van der Waals surface area contributed by atoms with Crippen LogP contribution in [0.4, 0.5) is 11.4 Å². The summed E-state index contributed by atoms with van der Waals surface area (Å²) in [6.07, 6.45) is 0. The van der Waals surface area contributed by atoms with Gasteiger partial charge in [-0.2, -0.15) is 11.8 Å². The Morgan fingerprint density at radius 3 is 2.47 bits per heavy atom. The largest absolute Gasteiger partial charge is 0.493 e. The van der Waals surface area contributed by atoms with E-state index >= 15 is 0 Å². The van der Waals surface area contributed by atoms with Gasteiger partial charge in [0, 0.05) is 55.6 Å². The highest BCUT2D eigenvalue weighted by molar-refractivity contribution is 14.0. The van der Waals surface area contributed by atoms with Crippen LogP contribution in [-0.4, -0.2) is 51.3 Å². The van der Waals surface area contributed by atoms with Crippen LogP contribution in [-0.2, 0) is 6.54 Å². The molecule has 0 aromatic heterocycles. The van der Waals surface area contributed by atoms with Crippen LogP contribution in [0.1, 0.15) is 12.5 Å². The van der Waals surface area contributed by atoms with Crippen molar-refractivity contribution < 1.29 is 9.47 Å². The fourth-order valence-corrected chi connectivity index (χ4v) is 4.07. The Labute approximate surface area is 200 Å². The number of methoxy groups -OCH3 is 1. The SMILES string of the molecule is CCOc1cc(NC(=NC)NCc2ccc(N3CCSCC3)cc2)ccc1OC.I. The van der Waals surface area contributed by atoms with Crippen molar-refractivity contribution in [2.24, 2.45) is 4.99 Å². The quantitative estimate of drug-likeness (QED) is 0.307. The molecule has 0 atom stereocenters. The summed E-state index contributed by atoms with van der Waals surface area (Å²) in [6, 6.07) is 14.5. The van der Waals surface area contributed by atoms with Crippen molar-refractivity contribution in [1.82, 2.24) is 5.32 Å². The summed E-state index contributed by atoms with van der Waals surface area (Å²) >= 11 is 2.03. The van der Waals surface area contributed by atoms with Gasteiger partial charge in [-0.15, -0.1) is 24.0 Å². The van der Waals surface area contributed by atoms with E-state index in [-0.39, 0.29) is 24.0 Å². The maximum absolute atomic E-state index is 5.64. The first-order valence-electron chi connectivity index (χ1n) is 9.93. The predicted octanol–water partition coefficient (Wildman–Crippen LogP) is 4.45. The molecule has 0 bridgehead atoms. The zero-order valence-electron chi connectivity index (χ0n) is 17.8. The molecule has 30 heavy (non-hydrogen) atoms. The normalized spacial score (nSPS) is 14.0. The molecule has 0 saturated carbocycles. The molecule has 2 aromatic rings. The lowest BCUT2D eigenvalue weighted by Gasteiger charge is -2.28. The molecule has 164 valence electrons. The Bertz CT molecular complexity index is 811. The number of aliphatic imine (C=N–C) groups is 1. The van der Waals surface area contributed by atoms with Crippen LogP contribution in [0.5, 0.6) is 11.5 Å². The van der Waals surface area contributed by atoms with Crippen LogP contribution < -0.4 is 25.0 Å². The van der Waals surface area contributed by atoms with E-state index < -0.39 is 0 Å². The molecule has 8 heteroatoms. The van der Waals surface area contributed by atoms with Gasteiger partial charge in [0.05, 0.1) is 13.7 Å². The van der Waals surface area contributed by atoms with E-state index in [1.807, 2.05) is 36.9 Å². The molecule has 1 saturated heterocycles. The molecule has 1 aliphatic rings. The van der Waals surface area contributed by atoms with Crippen LogP contribution in [0, 0.1) is 0 Å². The van der Waals surface area contributed by atoms with Crippen LogP contribution in [0.15, 0.2) is 47.5 Å². The Balaban J connectivity index is 0.00000320. The molecule has 2 aromatic carbocycles. The van der Waals surface area contributed by atoms with Crippen LogP contribution in [0.2, 0.25) is 0 Å². The van der Waals surface area contributed by atoms with E-state index in [1.165, 1.54) is 22.8 Å². The van der Waals surface area contributed by atoms with Gasteiger partial charge in [-0.3, -0.25) is 4.99 Å². The van der Waals surface area contributed by atoms with Crippen LogP contribution in [0.25, 0.3) is 0 Å². The number of anilines is 2. The van der Waals surface area contributed by atoms with Crippen molar-refractivity contribution in [3.63, 3.8) is 0 Å². The molecular formula is C22H31IN4O2S. The van der Waals surface area contributed by atoms with Gasteiger partial charge in [0.1, 0.15) is 0 Å². The number of guanidine groups is 1. The number of nitrogens with one attached hydrogen (secondary N) is 2. The van der Waals surface area contributed by atoms with Crippen molar-refractivity contribution in [2.45, 2.75) is 13.5 Å². The number of ether oxygens (including phenoxy) is 2. The van der Waals surface area contributed by atoms with E-state index in [4.69, 9.17) is 9.47 Å². The molecule has 0 unspecified atom stereocenters. The second-order valence-electron chi connectivity index (χ2n) is 6.62. The number of hydrogen-bond acceptors (Lipinski definition) is 5. The molecule has 1 aliphatic heterocycles. The van der Waals surface area contributed by atoms with E-state index in [1.54, 1.807) is 14.2 Å². The minimum Gasteiger partial charge on any atom is -0.493 e. The van der Waals surface area contributed by atoms with Crippen LogP contribution in [0.3, 0.4) is 0 Å². The first-order chi connectivity index (χ1) is 14.2. The second-order valence-corrected chi connectivity index (χ2v) is 7.84. The number of rotatable bonds is 7. The Morgan fingerprint density at radius 1 is 1.10 bits per heavy atom. The molecule has 1 heterocycles. The Morgan fingerprint density at radius 2 is 1.83 bits per heavy atom. The summed E-state index contributed by atoms with van der Waals surface area (Å²) < 4.78 is 11.0. The van der Waals surface area contributed by atoms with Crippen molar-refractivity contribution in [2.75, 3.05) is 55.6 Å². The zero-order valence-corrected chi connectivity index (χ0v) is 21.0. The van der Waals surface area contributed by atoms with Gasteiger partial charge in [0.15, 0.2) is 17.5 Å². The smallest absolute Gasteiger partial charge is 0.195 e. The number of halogens is 1. The van der Waals surface area contributed by atoms with E-state index in [0.29, 0.717) is 30.6 Å². The van der Waals surface area contributed by atoms with Gasteiger partial charge >= 0.3 is 0 Å². The molecule has 2 N–H and O–H groups in total. The topological polar surface area (TPSA) is 58.1 Å². The van der Waals surface area contributed by atoms with Gasteiger partial charge in [-0.05, 0) is 36.8 Å². The summed E-state index contributed by atoms with van der Waals surface area (Å²) in [5, 5.41) is 6.67. The Kier molecular flexibility index (Phi) is 10.4. The molecule has 0 aliphatic carbocycles. The minimum atomic E-state index is 0. The second kappa shape index (κ2) is 12.8. The zero-order chi connectivity index (χ0) is 20.5. The number of nitrogens with zero attached hydrogens (tertiary/aromatic N) is 2. The molecule has 0 radical (unpaired) electrons. The monoisotopic (exact) mass is 542 g/mol. The van der Waals surface area contributed by atoms with Crippen molar-refractivity contribution >= 4 is 53.1 Å². The summed E-state index contributed by atoms with van der Waals surface area (Å²) in [7, 11) is 3.40. The number of benzene rings is 2. The van der Waals surface area contributed by atoms with Gasteiger partial charge < -0.3 is 25.0 Å². The highest BCUT2D eigenvalue weighted by atomic mass is 127. The number of hydrogen-bond donors (Lipinski definition) is 2. The molecule has 6 nitrogen and oxygen atoms in total. The third kappa shape index (κ3) is 6.87. The molecule has 1 fully saturated rings. The average Bonchev–Trinajstić information content (AvgIpc) is 2.78. The lowest BCUT2D eigenvalue weighted by atomic mass is 10.2. The first-order valence-corrected chi connectivity index (χ1v) is 11.1. The standard InChI is InChI=1S/C22H30N4O2S.HI/c1-4-28-21-15-18(7-10-20(21)27-3)25-22(23-2)24-16-17-5-8-19(9-6-17)26-11-13-29-14-12-26;/h5-10,15H,4,11-14,16H2,1-3H3,(H2,23,24,25);1H. The fourth-order valence-electron chi connectivity index (χ4n) is 3.17. The summed E-state index contributed by atoms with van der Waals surface area (Å²) in [5.41, 5.74) is 3.41. The molecule has 0 amide bonds. The van der Waals surface area contributed by atoms with Crippen molar-refractivity contribution in [3.8, 4) is 11.5 Å².